The molecule has 9 heteroatoms. The van der Waals surface area contributed by atoms with Gasteiger partial charge in [0.1, 0.15) is 0 Å². The van der Waals surface area contributed by atoms with Crippen LogP contribution in [0.4, 0.5) is 16.4 Å². The molecule has 0 aliphatic heterocycles. The highest BCUT2D eigenvalue weighted by atomic mass is 32.1. The minimum absolute atomic E-state index is 0.0953. The molecule has 0 aliphatic carbocycles. The highest BCUT2D eigenvalue weighted by Gasteiger charge is 2.15. The number of benzene rings is 1. The maximum Gasteiger partial charge on any atom is 0.324 e. The number of amides is 2. The number of nitrogens with one attached hydrogen (secondary N) is 2. The number of hydrogen-bond acceptors (Lipinski definition) is 6. The average Bonchev–Trinajstić information content (AvgIpc) is 3.27. The Bertz CT molecular complexity index is 935. The molecule has 0 aliphatic rings. The Morgan fingerprint density at radius 2 is 1.60 bits per heavy atom. The standard InChI is InChI=1S/C16H11N3O4S2/c20-15(12-5-2-8-24-12)17-10-3-1-4-11(9-10)18-16(21)13-6-7-14(25-13)19(22)23/h1-9H,(H,17,20)(H,18,21). The number of nitrogens with zero attached hydrogens (tertiary/aromatic N) is 1. The predicted molar refractivity (Wildman–Crippen MR) is 97.6 cm³/mol. The summed E-state index contributed by atoms with van der Waals surface area (Å²) < 4.78 is 0. The molecule has 0 spiro atoms. The first-order valence-corrected chi connectivity index (χ1v) is 8.73. The van der Waals surface area contributed by atoms with Crippen LogP contribution in [0, 0.1) is 10.1 Å². The lowest BCUT2D eigenvalue weighted by molar-refractivity contribution is -0.380. The molecule has 0 fully saturated rings. The Kier molecular flexibility index (Phi) is 4.87. The van der Waals surface area contributed by atoms with E-state index in [4.69, 9.17) is 0 Å². The van der Waals surface area contributed by atoms with Crippen LogP contribution in [0.15, 0.2) is 53.9 Å². The van der Waals surface area contributed by atoms with E-state index >= 15 is 0 Å². The van der Waals surface area contributed by atoms with E-state index in [9.17, 15) is 19.7 Å². The van der Waals surface area contributed by atoms with E-state index in [2.05, 4.69) is 10.6 Å². The van der Waals surface area contributed by atoms with E-state index in [-0.39, 0.29) is 15.8 Å². The van der Waals surface area contributed by atoms with Crippen LogP contribution in [-0.4, -0.2) is 16.7 Å². The van der Waals surface area contributed by atoms with Crippen LogP contribution in [0.3, 0.4) is 0 Å². The Hall–Kier alpha value is -3.04. The van der Waals surface area contributed by atoms with Gasteiger partial charge in [0, 0.05) is 17.4 Å². The van der Waals surface area contributed by atoms with Gasteiger partial charge in [-0.2, -0.15) is 0 Å². The van der Waals surface area contributed by atoms with Gasteiger partial charge >= 0.3 is 5.00 Å². The van der Waals surface area contributed by atoms with E-state index in [1.165, 1.54) is 23.5 Å². The molecular weight excluding hydrogens is 362 g/mol. The summed E-state index contributed by atoms with van der Waals surface area (Å²) in [6, 6.07) is 12.9. The fraction of sp³-hybridized carbons (Fsp3) is 0. The first-order chi connectivity index (χ1) is 12.0. The first-order valence-electron chi connectivity index (χ1n) is 7.03. The topological polar surface area (TPSA) is 101 Å². The predicted octanol–water partition coefficient (Wildman–Crippen LogP) is 4.22. The number of anilines is 2. The second-order valence-electron chi connectivity index (χ2n) is 4.86. The third-order valence-corrected chi connectivity index (χ3v) is 5.02. The zero-order chi connectivity index (χ0) is 17.8. The molecule has 3 aromatic rings. The lowest BCUT2D eigenvalue weighted by Crippen LogP contribution is -2.12. The van der Waals surface area contributed by atoms with Crippen LogP contribution in [0.5, 0.6) is 0 Å². The third kappa shape index (κ3) is 4.08. The zero-order valence-electron chi connectivity index (χ0n) is 12.6. The van der Waals surface area contributed by atoms with Gasteiger partial charge in [-0.3, -0.25) is 19.7 Å². The summed E-state index contributed by atoms with van der Waals surface area (Å²) in [6.07, 6.45) is 0. The van der Waals surface area contributed by atoms with Crippen molar-refractivity contribution in [3.63, 3.8) is 0 Å². The van der Waals surface area contributed by atoms with Crippen LogP contribution in [-0.2, 0) is 0 Å². The van der Waals surface area contributed by atoms with E-state index in [0.717, 1.165) is 11.3 Å². The molecule has 2 aromatic heterocycles. The molecule has 0 saturated carbocycles. The molecule has 7 nitrogen and oxygen atoms in total. The molecule has 126 valence electrons. The quantitative estimate of drug-likeness (QED) is 0.516. The second-order valence-corrected chi connectivity index (χ2v) is 6.87. The van der Waals surface area contributed by atoms with Crippen LogP contribution in [0.2, 0.25) is 0 Å². The molecule has 0 saturated heterocycles. The number of rotatable bonds is 5. The number of carbonyl (C=O) groups is 2. The van der Waals surface area contributed by atoms with Crippen LogP contribution in [0.1, 0.15) is 19.3 Å². The van der Waals surface area contributed by atoms with Gasteiger partial charge in [-0.15, -0.1) is 11.3 Å². The zero-order valence-corrected chi connectivity index (χ0v) is 14.2. The highest BCUT2D eigenvalue weighted by Crippen LogP contribution is 2.25. The van der Waals surface area contributed by atoms with Gasteiger partial charge in [-0.05, 0) is 35.7 Å². The summed E-state index contributed by atoms with van der Waals surface area (Å²) in [5.74, 6) is -0.674. The van der Waals surface area contributed by atoms with Gasteiger partial charge in [-0.25, -0.2) is 0 Å². The lowest BCUT2D eigenvalue weighted by Gasteiger charge is -2.07. The highest BCUT2D eigenvalue weighted by molar-refractivity contribution is 7.17. The van der Waals surface area contributed by atoms with Crippen molar-refractivity contribution in [2.24, 2.45) is 0 Å². The number of carbonyl (C=O) groups excluding carboxylic acids is 2. The molecule has 1 aromatic carbocycles. The molecule has 2 amide bonds. The van der Waals surface area contributed by atoms with E-state index in [1.807, 2.05) is 5.38 Å². The van der Waals surface area contributed by atoms with Crippen molar-refractivity contribution in [3.05, 3.63) is 73.8 Å². The molecule has 0 radical (unpaired) electrons. The number of nitro groups is 1. The Balaban J connectivity index is 1.69. The summed E-state index contributed by atoms with van der Waals surface area (Å²) in [4.78, 5) is 35.2. The summed E-state index contributed by atoms with van der Waals surface area (Å²) in [7, 11) is 0. The minimum Gasteiger partial charge on any atom is -0.321 e. The normalized spacial score (nSPS) is 10.2. The molecule has 2 N–H and O–H groups in total. The number of hydrogen-bond donors (Lipinski definition) is 2. The maximum atomic E-state index is 12.2. The summed E-state index contributed by atoms with van der Waals surface area (Å²) in [5.41, 5.74) is 1.01. The van der Waals surface area contributed by atoms with Crippen molar-refractivity contribution >= 4 is 50.9 Å². The van der Waals surface area contributed by atoms with Crippen molar-refractivity contribution in [1.29, 1.82) is 0 Å². The molecule has 0 atom stereocenters. The van der Waals surface area contributed by atoms with Gasteiger partial charge in [0.05, 0.1) is 14.7 Å². The van der Waals surface area contributed by atoms with Crippen LogP contribution >= 0.6 is 22.7 Å². The van der Waals surface area contributed by atoms with Gasteiger partial charge in [0.15, 0.2) is 0 Å². The van der Waals surface area contributed by atoms with E-state index in [1.54, 1.807) is 36.4 Å². The van der Waals surface area contributed by atoms with Crippen molar-refractivity contribution in [2.45, 2.75) is 0 Å². The van der Waals surface area contributed by atoms with Crippen molar-refractivity contribution in [3.8, 4) is 0 Å². The van der Waals surface area contributed by atoms with Crippen LogP contribution < -0.4 is 10.6 Å². The Labute approximate surface area is 150 Å². The summed E-state index contributed by atoms with van der Waals surface area (Å²) in [6.45, 7) is 0. The fourth-order valence-electron chi connectivity index (χ4n) is 2.02. The molecular formula is C16H11N3O4S2. The maximum absolute atomic E-state index is 12.2. The average molecular weight is 373 g/mol. The second kappa shape index (κ2) is 7.24. The monoisotopic (exact) mass is 373 g/mol. The SMILES string of the molecule is O=C(Nc1cccc(NC(=O)c2ccc([N+](=O)[O-])s2)c1)c1cccs1. The largest absolute Gasteiger partial charge is 0.324 e. The summed E-state index contributed by atoms with van der Waals surface area (Å²) >= 11 is 2.13. The molecule has 3 rings (SSSR count). The van der Waals surface area contributed by atoms with Gasteiger partial charge in [-0.1, -0.05) is 23.5 Å². The van der Waals surface area contributed by atoms with Gasteiger partial charge in [0.25, 0.3) is 11.8 Å². The van der Waals surface area contributed by atoms with Crippen molar-refractivity contribution in [2.75, 3.05) is 10.6 Å². The van der Waals surface area contributed by atoms with Gasteiger partial charge in [0.2, 0.25) is 0 Å². The van der Waals surface area contributed by atoms with E-state index in [0.29, 0.717) is 16.3 Å². The van der Waals surface area contributed by atoms with E-state index < -0.39 is 10.8 Å². The molecule has 0 bridgehead atoms. The van der Waals surface area contributed by atoms with Crippen molar-refractivity contribution in [1.82, 2.24) is 0 Å². The van der Waals surface area contributed by atoms with Crippen molar-refractivity contribution < 1.29 is 14.5 Å². The lowest BCUT2D eigenvalue weighted by atomic mass is 10.2. The molecule has 2 heterocycles. The first kappa shape index (κ1) is 16.8. The molecule has 0 unspecified atom stereocenters. The van der Waals surface area contributed by atoms with Gasteiger partial charge < -0.3 is 10.6 Å². The fourth-order valence-corrected chi connectivity index (χ4v) is 3.35. The summed E-state index contributed by atoms with van der Waals surface area (Å²) in [5, 5.41) is 17.8. The molecule has 25 heavy (non-hydrogen) atoms. The Morgan fingerprint density at radius 1 is 0.920 bits per heavy atom. The smallest absolute Gasteiger partial charge is 0.321 e. The van der Waals surface area contributed by atoms with Crippen LogP contribution in [0.25, 0.3) is 0 Å². The minimum atomic E-state index is -0.540. The third-order valence-electron chi connectivity index (χ3n) is 3.12. The Morgan fingerprint density at radius 3 is 2.16 bits per heavy atom. The number of thiophene rings is 2.